The third-order valence-electron chi connectivity index (χ3n) is 20.2. The second-order valence-electron chi connectivity index (χ2n) is 26.8. The Morgan fingerprint density at radius 2 is 0.361 bits per heavy atom. The van der Waals surface area contributed by atoms with Crippen LogP contribution in [0.15, 0.2) is 471 Å². The molecule has 122 heavy (non-hydrogen) atoms. The lowest BCUT2D eigenvalue weighted by Gasteiger charge is -2.20. The smallest absolute Gasteiger partial charge is 0.0616 e. The van der Waals surface area contributed by atoms with Gasteiger partial charge < -0.3 is 0 Å². The van der Waals surface area contributed by atoms with Crippen molar-refractivity contribution in [2.45, 2.75) is 0 Å². The fraction of sp³-hybridized carbons (Fsp3) is 0. The third-order valence-corrected chi connectivity index (χ3v) is 20.2. The molecule has 0 saturated carbocycles. The molecule has 0 heterocycles. The van der Waals surface area contributed by atoms with Crippen molar-refractivity contribution in [1.82, 2.24) is 0 Å². The zero-order chi connectivity index (χ0) is 142. The number of benzene rings is 25. The fourth-order valence-electron chi connectivity index (χ4n) is 15.1. The largest absolute Gasteiger partial charge is 0.0636 e. The Kier molecular flexibility index (Phi) is 7.34. The molecule has 0 aromatic heterocycles. The summed E-state index contributed by atoms with van der Waals surface area (Å²) in [5, 5.41) is -15.4. The molecule has 0 aliphatic heterocycles. The molecule has 0 fully saturated rings. The molecule has 0 spiro atoms. The van der Waals surface area contributed by atoms with Crippen LogP contribution in [-0.4, -0.2) is 0 Å². The van der Waals surface area contributed by atoms with E-state index in [1.165, 1.54) is 0 Å². The van der Waals surface area contributed by atoms with E-state index in [4.69, 9.17) is 72.7 Å². The molecule has 25 aromatic carbocycles. The van der Waals surface area contributed by atoms with Gasteiger partial charge in [0.2, 0.25) is 0 Å². The summed E-state index contributed by atoms with van der Waals surface area (Å²) in [5.41, 5.74) is -9.82. The van der Waals surface area contributed by atoms with Crippen LogP contribution in [-0.2, 0) is 0 Å². The van der Waals surface area contributed by atoms with E-state index in [1.54, 1.807) is 42.5 Å². The van der Waals surface area contributed by atoms with Gasteiger partial charge in [-0.25, -0.2) is 0 Å². The highest BCUT2D eigenvalue weighted by Crippen LogP contribution is 2.52. The summed E-state index contributed by atoms with van der Waals surface area (Å²) in [6.45, 7) is 0. The number of hydrogen-bond donors (Lipinski definition) is 0. The Morgan fingerprint density at radius 3 is 0.721 bits per heavy atom. The maximum absolute atomic E-state index is 10.2. The summed E-state index contributed by atoms with van der Waals surface area (Å²) in [4.78, 5) is 0. The quantitative estimate of drug-likeness (QED) is 0.133. The van der Waals surface area contributed by atoms with Crippen LogP contribution < -0.4 is 0 Å². The van der Waals surface area contributed by atoms with Gasteiger partial charge in [0.15, 0.2) is 0 Å². The Labute approximate surface area is 807 Å². The summed E-state index contributed by atoms with van der Waals surface area (Å²) in [7, 11) is 0. The molecule has 0 aliphatic carbocycles. The van der Waals surface area contributed by atoms with Crippen molar-refractivity contribution in [2.75, 3.05) is 0 Å². The Morgan fingerprint density at radius 1 is 0.115 bits per heavy atom. The van der Waals surface area contributed by atoms with E-state index in [1.807, 2.05) is 0 Å². The van der Waals surface area contributed by atoms with Crippen molar-refractivity contribution in [1.29, 1.82) is 0 Å². The first-order chi connectivity index (χ1) is 90.1. The summed E-state index contributed by atoms with van der Waals surface area (Å²) in [5.74, 6) is 0. The molecular weight excluding hydrogens is 1470 g/mol. The lowest BCUT2D eigenvalue weighted by atomic mass is 9.82. The van der Waals surface area contributed by atoms with E-state index in [9.17, 15) is 24.7 Å². The van der Waals surface area contributed by atoms with Crippen molar-refractivity contribution >= 4 is 151 Å². The van der Waals surface area contributed by atoms with Gasteiger partial charge in [0.1, 0.15) is 0 Å². The summed E-state index contributed by atoms with van der Waals surface area (Å²) >= 11 is 0. The van der Waals surface area contributed by atoms with Crippen LogP contribution in [0.2, 0.25) is 0 Å². The Hall–Kier alpha value is -15.9. The maximum Gasteiger partial charge on any atom is 0.0636 e. The summed E-state index contributed by atoms with van der Waals surface area (Å²) < 4.78 is 637. The average molecular weight is 1620 g/mol. The van der Waals surface area contributed by atoms with E-state index in [0.29, 0.717) is 10.8 Å². The molecule has 25 aromatic rings. The van der Waals surface area contributed by atoms with Crippen molar-refractivity contribution in [2.24, 2.45) is 0 Å². The van der Waals surface area contributed by atoms with E-state index in [0.717, 1.165) is 0 Å². The monoisotopic (exact) mass is 1610 g/mol. The van der Waals surface area contributed by atoms with Gasteiger partial charge >= 0.3 is 0 Å². The van der Waals surface area contributed by atoms with Gasteiger partial charge in [-0.1, -0.05) is 447 Å². The van der Waals surface area contributed by atoms with E-state index < -0.39 is 647 Å². The van der Waals surface area contributed by atoms with Crippen molar-refractivity contribution in [3.05, 3.63) is 471 Å². The standard InChI is InChI=1S/2C44H28.C34H22/c2*1-4-18-33-29(12-1)15-9-23-36(33)32-26-27-41-42(28-32)44(38-25-11-17-31-14-3-6-20-35(31)38)40-22-8-7-21-39(40)43(41)37-24-10-16-30-13-2-5-19-34(30)37;1-3-11-25-21-27(19-17-23(25)9-1)33-29-13-5-7-15-31(29)34(32-16-8-6-14-30(32)33)28-20-18-24-10-2-4-12-26(24)22-28/h2*1-28H;1-22H/i1D,2D,3D,4D,5D,6D,7D,8D,9D,10D,11D,12D,13D,14D,15D,16D,17D,18D,19D,20D,21D,22D,23D,24D,25D,26D,27D,28D;2D,3D,5D,6D,7D,8D,10D,11D,13D,14D,16D,17D,19D,20D,21D,22D,24D,25D,26D,27D,28D;1D,2D,3D,4D,5D,6D,7D,8D,9D,10D,11D,12D,13D,14D,15D,16D,17D,18D,19D,20D,21D,22D. The zero-order valence-corrected chi connectivity index (χ0v) is 61.5. The third kappa shape index (κ3) is 12.3. The molecule has 0 amide bonds. The van der Waals surface area contributed by atoms with Crippen LogP contribution in [0.3, 0.4) is 0 Å². The molecule has 0 N–H and O–H groups in total. The van der Waals surface area contributed by atoms with Crippen LogP contribution in [0, 0.1) is 0 Å². The number of fused-ring (bicyclic) bond motifs is 14. The second kappa shape index (κ2) is 30.3. The van der Waals surface area contributed by atoms with Crippen LogP contribution in [0.4, 0.5) is 0 Å². The first-order valence-corrected chi connectivity index (χ1v) is 36.6. The molecule has 0 unspecified atom stereocenters. The van der Waals surface area contributed by atoms with Gasteiger partial charge in [-0.05, 0) is 264 Å². The molecule has 0 heteroatoms. The average Bonchev–Trinajstić information content (AvgIpc) is 0.660. The SMILES string of the molecule is [2H]c1c([2H])c([2H])c2c(-c3c([2H])c([2H])c4c(-c5c([2H])c([2H])c([2H])c6c([2H])c([2H])c([2H])c([2H])c56)c5c([2H])c([2H])c([2H])c([2H])c5c(-c5c([2H])c([2H])c([2H])c6c([2H])c([2H])c([2H])c([2H])c56)c4c3[2H])c([2H])c([2H])c([2H])c2c1[2H].[2H]c1c([2H])c([2H])c2c(-c3c4c([2H])c([2H])c([2H])c([2H])c4c(-c4c([2H])c([2H])c([2H])c5c([2H])c([2H])c([2H])c([2H])c45)c4c([2H])c(-c5cccc6ccccc56)c([2H])c([2H])c34)c([2H])c([2H])c([2H])c2c1[2H].[2H]c1c([2H])c([2H])c2c([2H])c(-c3c4c([2H])c([2H])c([2H])c([2H])c4c(-c4c([2H])c([2H])c5c([2H])c([2H])c([2H])c([2H])c5c4[2H])c4c([2H])c([2H])c([2H])c([2H])c34)c([2H])c([2H])c2c1[2H]. The first-order valence-electron chi connectivity index (χ1n) is 72.1. The minimum absolute atomic E-state index is 0.215. The van der Waals surface area contributed by atoms with E-state index >= 15 is 0 Å². The Balaban J connectivity index is 0.000000151. The number of rotatable bonds is 8. The molecule has 0 atom stereocenters. The summed E-state index contributed by atoms with van der Waals surface area (Å²) in [6, 6.07) is -51.2. The second-order valence-corrected chi connectivity index (χ2v) is 26.8. The normalized spacial score (nSPS) is 19.8. The molecule has 0 nitrogen and oxygen atoms in total. The lowest BCUT2D eigenvalue weighted by molar-refractivity contribution is 1.66. The number of hydrogen-bond acceptors (Lipinski definition) is 0. The van der Waals surface area contributed by atoms with E-state index in [2.05, 4.69) is 0 Å². The fourth-order valence-corrected chi connectivity index (χ4v) is 15.1. The van der Waals surface area contributed by atoms with Crippen LogP contribution >= 0.6 is 0 Å². The Bertz CT molecular complexity index is 12800. The van der Waals surface area contributed by atoms with Crippen LogP contribution in [0.25, 0.3) is 240 Å². The predicted octanol–water partition coefficient (Wildman–Crippen LogP) is 34.5. The van der Waals surface area contributed by atoms with Gasteiger partial charge in [0, 0.05) is 0 Å². The molecular formula is C122H78. The maximum atomic E-state index is 10.2. The van der Waals surface area contributed by atoms with Crippen LogP contribution in [0.1, 0.15) is 97.3 Å². The summed E-state index contributed by atoms with van der Waals surface area (Å²) in [6.07, 6.45) is 0. The van der Waals surface area contributed by atoms with Gasteiger partial charge in [0.25, 0.3) is 0 Å². The highest BCUT2D eigenvalue weighted by molar-refractivity contribution is 6.29. The van der Waals surface area contributed by atoms with Crippen molar-refractivity contribution in [3.63, 3.8) is 0 Å². The highest BCUT2D eigenvalue weighted by atomic mass is 14.3. The van der Waals surface area contributed by atoms with Gasteiger partial charge in [-0.2, -0.15) is 0 Å². The topological polar surface area (TPSA) is 0 Å². The van der Waals surface area contributed by atoms with Crippen molar-refractivity contribution < 1.29 is 97.3 Å². The molecule has 0 saturated heterocycles. The van der Waals surface area contributed by atoms with Crippen molar-refractivity contribution in [3.8, 4) is 89.0 Å². The molecule has 25 rings (SSSR count). The predicted molar refractivity (Wildman–Crippen MR) is 528 cm³/mol. The van der Waals surface area contributed by atoms with E-state index in [-0.39, 0.29) is 11.1 Å². The molecule has 0 aliphatic rings. The van der Waals surface area contributed by atoms with Gasteiger partial charge in [0.05, 0.1) is 97.3 Å². The lowest BCUT2D eigenvalue weighted by Crippen LogP contribution is -1.93. The highest BCUT2D eigenvalue weighted by Gasteiger charge is 2.25. The first kappa shape index (κ1) is 29.6. The zero-order valence-electron chi connectivity index (χ0n) is 133. The van der Waals surface area contributed by atoms with Crippen LogP contribution in [0.5, 0.6) is 0 Å². The molecule has 0 bridgehead atoms. The molecule has 566 valence electrons. The molecule has 0 radical (unpaired) electrons. The minimum atomic E-state index is -1.13. The van der Waals surface area contributed by atoms with Gasteiger partial charge in [-0.3, -0.25) is 0 Å². The minimum Gasteiger partial charge on any atom is -0.0616 e. The van der Waals surface area contributed by atoms with Gasteiger partial charge in [-0.15, -0.1) is 0 Å².